The van der Waals surface area contributed by atoms with E-state index in [1.165, 1.54) is 13.3 Å². The van der Waals surface area contributed by atoms with Gasteiger partial charge in [0.15, 0.2) is 5.96 Å². The second kappa shape index (κ2) is 6.12. The van der Waals surface area contributed by atoms with Crippen molar-refractivity contribution in [3.8, 4) is 0 Å². The normalized spacial score (nSPS) is 21.3. The SMILES string of the molecule is CC(CC(F)(F)F)NC(N)=NC1CCCCC1. The summed E-state index contributed by atoms with van der Waals surface area (Å²) in [7, 11) is 0. The van der Waals surface area contributed by atoms with E-state index in [0.717, 1.165) is 25.7 Å². The summed E-state index contributed by atoms with van der Waals surface area (Å²) in [5.74, 6) is 0.133. The Morgan fingerprint density at radius 3 is 2.47 bits per heavy atom. The van der Waals surface area contributed by atoms with Crippen LogP contribution in [0.5, 0.6) is 0 Å². The molecule has 0 amide bonds. The van der Waals surface area contributed by atoms with Crippen molar-refractivity contribution in [2.75, 3.05) is 0 Å². The maximum Gasteiger partial charge on any atom is 0.391 e. The van der Waals surface area contributed by atoms with Crippen LogP contribution in [0.3, 0.4) is 0 Å². The Hall–Kier alpha value is -0.940. The number of hydrogen-bond donors (Lipinski definition) is 2. The Labute approximate surface area is 99.7 Å². The second-order valence-corrected chi connectivity index (χ2v) is 4.67. The molecule has 6 heteroatoms. The fourth-order valence-corrected chi connectivity index (χ4v) is 2.09. The summed E-state index contributed by atoms with van der Waals surface area (Å²) in [6.45, 7) is 1.46. The van der Waals surface area contributed by atoms with E-state index in [9.17, 15) is 13.2 Å². The van der Waals surface area contributed by atoms with Gasteiger partial charge in [-0.05, 0) is 19.8 Å². The minimum atomic E-state index is -4.17. The number of alkyl halides is 3. The van der Waals surface area contributed by atoms with Gasteiger partial charge in [-0.1, -0.05) is 19.3 Å². The maximum absolute atomic E-state index is 12.1. The summed E-state index contributed by atoms with van der Waals surface area (Å²) in [5, 5.41) is 2.59. The molecule has 0 aliphatic heterocycles. The molecule has 0 bridgehead atoms. The average molecular weight is 251 g/mol. The molecule has 0 heterocycles. The number of nitrogens with zero attached hydrogens (tertiary/aromatic N) is 1. The van der Waals surface area contributed by atoms with Crippen LogP contribution in [0.25, 0.3) is 0 Å². The van der Waals surface area contributed by atoms with Crippen LogP contribution >= 0.6 is 0 Å². The minimum absolute atomic E-state index is 0.133. The van der Waals surface area contributed by atoms with Gasteiger partial charge < -0.3 is 11.1 Å². The van der Waals surface area contributed by atoms with Crippen LogP contribution < -0.4 is 11.1 Å². The van der Waals surface area contributed by atoms with Gasteiger partial charge >= 0.3 is 6.18 Å². The maximum atomic E-state index is 12.1. The number of nitrogens with two attached hydrogens (primary N) is 1. The van der Waals surface area contributed by atoms with Gasteiger partial charge in [0, 0.05) is 6.04 Å². The molecule has 0 aromatic carbocycles. The van der Waals surface area contributed by atoms with Crippen LogP contribution in [-0.2, 0) is 0 Å². The highest BCUT2D eigenvalue weighted by molar-refractivity contribution is 5.78. The molecule has 17 heavy (non-hydrogen) atoms. The average Bonchev–Trinajstić information content (AvgIpc) is 2.15. The smallest absolute Gasteiger partial charge is 0.370 e. The van der Waals surface area contributed by atoms with E-state index in [0.29, 0.717) is 0 Å². The van der Waals surface area contributed by atoms with Crippen molar-refractivity contribution in [3.05, 3.63) is 0 Å². The molecule has 0 aromatic rings. The summed E-state index contributed by atoms with van der Waals surface area (Å²) < 4.78 is 36.3. The van der Waals surface area contributed by atoms with Crippen LogP contribution in [0.15, 0.2) is 4.99 Å². The lowest BCUT2D eigenvalue weighted by Crippen LogP contribution is -2.41. The predicted molar refractivity (Wildman–Crippen MR) is 61.8 cm³/mol. The lowest BCUT2D eigenvalue weighted by Gasteiger charge is -2.20. The zero-order valence-electron chi connectivity index (χ0n) is 10.1. The van der Waals surface area contributed by atoms with E-state index >= 15 is 0 Å². The first-order chi connectivity index (χ1) is 7.87. The van der Waals surface area contributed by atoms with Crippen molar-refractivity contribution in [3.63, 3.8) is 0 Å². The van der Waals surface area contributed by atoms with Gasteiger partial charge in [-0.2, -0.15) is 13.2 Å². The standard InChI is InChI=1S/C11H20F3N3/c1-8(7-11(12,13)14)16-10(15)17-9-5-3-2-4-6-9/h8-9H,2-7H2,1H3,(H3,15,16,17). The monoisotopic (exact) mass is 251 g/mol. The molecule has 0 saturated heterocycles. The Morgan fingerprint density at radius 1 is 1.35 bits per heavy atom. The molecule has 1 rings (SSSR count). The quantitative estimate of drug-likeness (QED) is 0.598. The minimum Gasteiger partial charge on any atom is -0.370 e. The first-order valence-electron chi connectivity index (χ1n) is 6.03. The highest BCUT2D eigenvalue weighted by Crippen LogP contribution is 2.22. The van der Waals surface area contributed by atoms with Crippen LogP contribution in [-0.4, -0.2) is 24.2 Å². The highest BCUT2D eigenvalue weighted by atomic mass is 19.4. The van der Waals surface area contributed by atoms with Crippen LogP contribution in [0.2, 0.25) is 0 Å². The molecule has 0 aromatic heterocycles. The molecule has 0 radical (unpaired) electrons. The van der Waals surface area contributed by atoms with Crippen molar-refractivity contribution in [2.45, 2.75) is 63.7 Å². The van der Waals surface area contributed by atoms with Crippen LogP contribution in [0.4, 0.5) is 13.2 Å². The lowest BCUT2D eigenvalue weighted by molar-refractivity contribution is -0.138. The van der Waals surface area contributed by atoms with E-state index in [1.807, 2.05) is 0 Å². The molecule has 100 valence electrons. The van der Waals surface area contributed by atoms with Gasteiger partial charge in [-0.15, -0.1) is 0 Å². The molecular formula is C11H20F3N3. The zero-order valence-corrected chi connectivity index (χ0v) is 10.1. The lowest BCUT2D eigenvalue weighted by atomic mass is 9.96. The fourth-order valence-electron chi connectivity index (χ4n) is 2.09. The molecule has 3 nitrogen and oxygen atoms in total. The Balaban J connectivity index is 2.36. The van der Waals surface area contributed by atoms with E-state index in [2.05, 4.69) is 10.3 Å². The third-order valence-corrected chi connectivity index (χ3v) is 2.83. The Kier molecular flexibility index (Phi) is 5.08. The molecule has 1 unspecified atom stereocenters. The van der Waals surface area contributed by atoms with Crippen molar-refractivity contribution in [2.24, 2.45) is 10.7 Å². The van der Waals surface area contributed by atoms with E-state index in [4.69, 9.17) is 5.73 Å². The molecule has 1 fully saturated rings. The van der Waals surface area contributed by atoms with Crippen LogP contribution in [0, 0.1) is 0 Å². The fraction of sp³-hybridized carbons (Fsp3) is 0.909. The van der Waals surface area contributed by atoms with E-state index < -0.39 is 18.6 Å². The van der Waals surface area contributed by atoms with Gasteiger partial charge in [0.05, 0.1) is 12.5 Å². The zero-order chi connectivity index (χ0) is 12.9. The molecule has 1 atom stereocenters. The van der Waals surface area contributed by atoms with Crippen molar-refractivity contribution in [1.29, 1.82) is 0 Å². The highest BCUT2D eigenvalue weighted by Gasteiger charge is 2.30. The summed E-state index contributed by atoms with van der Waals surface area (Å²) in [6, 6.07) is -0.559. The van der Waals surface area contributed by atoms with Gasteiger partial charge in [-0.3, -0.25) is 4.99 Å². The largest absolute Gasteiger partial charge is 0.391 e. The van der Waals surface area contributed by atoms with Crippen molar-refractivity contribution < 1.29 is 13.2 Å². The molecule has 1 aliphatic carbocycles. The van der Waals surface area contributed by atoms with Crippen molar-refractivity contribution in [1.82, 2.24) is 5.32 Å². The summed E-state index contributed by atoms with van der Waals surface area (Å²) in [4.78, 5) is 4.22. The molecule has 3 N–H and O–H groups in total. The van der Waals surface area contributed by atoms with Gasteiger partial charge in [0.25, 0.3) is 0 Å². The van der Waals surface area contributed by atoms with E-state index in [-0.39, 0.29) is 12.0 Å². The number of rotatable bonds is 3. The van der Waals surface area contributed by atoms with Gasteiger partial charge in [-0.25, -0.2) is 0 Å². The summed E-state index contributed by atoms with van der Waals surface area (Å²) in [5.41, 5.74) is 5.60. The van der Waals surface area contributed by atoms with Gasteiger partial charge in [0.1, 0.15) is 0 Å². The third kappa shape index (κ3) is 6.38. The molecule has 0 spiro atoms. The summed E-state index contributed by atoms with van der Waals surface area (Å²) >= 11 is 0. The number of halogens is 3. The first kappa shape index (κ1) is 14.1. The molecule has 1 aliphatic rings. The Bertz CT molecular complexity index is 257. The topological polar surface area (TPSA) is 50.4 Å². The number of nitrogens with one attached hydrogen (secondary N) is 1. The van der Waals surface area contributed by atoms with E-state index in [1.54, 1.807) is 0 Å². The number of hydrogen-bond acceptors (Lipinski definition) is 1. The van der Waals surface area contributed by atoms with Gasteiger partial charge in [0.2, 0.25) is 0 Å². The summed E-state index contributed by atoms with van der Waals surface area (Å²) in [6.07, 6.45) is 0.362. The van der Waals surface area contributed by atoms with Crippen molar-refractivity contribution >= 4 is 5.96 Å². The number of guanidine groups is 1. The Morgan fingerprint density at radius 2 is 1.94 bits per heavy atom. The molecule has 1 saturated carbocycles. The third-order valence-electron chi connectivity index (χ3n) is 2.83. The first-order valence-corrected chi connectivity index (χ1v) is 6.03. The predicted octanol–water partition coefficient (Wildman–Crippen LogP) is 2.56. The molecular weight excluding hydrogens is 231 g/mol. The number of aliphatic imine (C=N–C) groups is 1. The van der Waals surface area contributed by atoms with Crippen LogP contribution in [0.1, 0.15) is 45.4 Å². The second-order valence-electron chi connectivity index (χ2n) is 4.67.